The Morgan fingerprint density at radius 3 is 2.77 bits per heavy atom. The molecule has 0 bridgehead atoms. The average Bonchev–Trinajstić information content (AvgIpc) is 3.04. The molecule has 0 saturated carbocycles. The number of furan rings is 1. The molecule has 0 atom stereocenters. The maximum absolute atomic E-state index is 11.7. The Morgan fingerprint density at radius 1 is 1.32 bits per heavy atom. The summed E-state index contributed by atoms with van der Waals surface area (Å²) >= 11 is 0. The molecule has 0 fully saturated rings. The van der Waals surface area contributed by atoms with Crippen LogP contribution in [-0.2, 0) is 11.3 Å². The highest BCUT2D eigenvalue weighted by atomic mass is 16.5. The number of carbonyl (C=O) groups excluding carboxylic acids is 1. The maximum atomic E-state index is 11.7. The molecular weight excluding hydrogens is 290 g/mol. The molecule has 1 amide bonds. The van der Waals surface area contributed by atoms with E-state index < -0.39 is 5.97 Å². The van der Waals surface area contributed by atoms with Gasteiger partial charge in [-0.15, -0.1) is 0 Å². The van der Waals surface area contributed by atoms with E-state index in [0.29, 0.717) is 11.5 Å². The second-order valence-electron chi connectivity index (χ2n) is 4.31. The molecule has 22 heavy (non-hydrogen) atoms. The quantitative estimate of drug-likeness (QED) is 0.807. The number of ether oxygens (including phenoxy) is 2. The zero-order chi connectivity index (χ0) is 15.9. The molecule has 2 aromatic rings. The number of nitrogens with one attached hydrogen (secondary N) is 1. The number of benzene rings is 1. The molecule has 0 spiro atoms. The smallest absolute Gasteiger partial charge is 0.339 e. The molecule has 0 aliphatic rings. The first kappa shape index (κ1) is 15.4. The van der Waals surface area contributed by atoms with Crippen LogP contribution in [0, 0.1) is 0 Å². The molecule has 1 heterocycles. The molecule has 0 unspecified atom stereocenters. The number of aromatic carboxylic acids is 1. The molecular formula is C15H15NO6. The number of carboxylic acid groups (broad SMARTS) is 1. The van der Waals surface area contributed by atoms with Gasteiger partial charge in [0.15, 0.2) is 6.61 Å². The molecule has 1 aromatic heterocycles. The minimum absolute atomic E-state index is 0.0711. The van der Waals surface area contributed by atoms with Crippen LogP contribution in [0.25, 0.3) is 0 Å². The van der Waals surface area contributed by atoms with Crippen LogP contribution in [0.2, 0.25) is 0 Å². The lowest BCUT2D eigenvalue weighted by Gasteiger charge is -2.10. The number of carboxylic acids is 1. The fraction of sp³-hybridized carbons (Fsp3) is 0.200. The summed E-state index contributed by atoms with van der Waals surface area (Å²) in [6.07, 6.45) is 1.51. The predicted molar refractivity (Wildman–Crippen MR) is 76.0 cm³/mol. The van der Waals surface area contributed by atoms with Crippen molar-refractivity contribution in [2.24, 2.45) is 0 Å². The van der Waals surface area contributed by atoms with Gasteiger partial charge < -0.3 is 24.3 Å². The minimum Gasteiger partial charge on any atom is -0.497 e. The summed E-state index contributed by atoms with van der Waals surface area (Å²) in [5.74, 6) is -0.439. The monoisotopic (exact) mass is 305 g/mol. The zero-order valence-corrected chi connectivity index (χ0v) is 11.9. The predicted octanol–water partition coefficient (Wildman–Crippen LogP) is 1.68. The molecule has 0 radical (unpaired) electrons. The largest absolute Gasteiger partial charge is 0.497 e. The van der Waals surface area contributed by atoms with Crippen molar-refractivity contribution in [2.75, 3.05) is 13.7 Å². The molecule has 116 valence electrons. The normalized spacial score (nSPS) is 10.0. The fourth-order valence-corrected chi connectivity index (χ4v) is 1.72. The van der Waals surface area contributed by atoms with E-state index in [1.807, 2.05) is 0 Å². The lowest BCUT2D eigenvalue weighted by molar-refractivity contribution is -0.123. The maximum Gasteiger partial charge on any atom is 0.339 e. The Hall–Kier alpha value is -2.96. The molecule has 2 rings (SSSR count). The van der Waals surface area contributed by atoms with Gasteiger partial charge in [-0.2, -0.15) is 0 Å². The Morgan fingerprint density at radius 2 is 2.14 bits per heavy atom. The van der Waals surface area contributed by atoms with Crippen molar-refractivity contribution in [1.29, 1.82) is 0 Å². The van der Waals surface area contributed by atoms with E-state index in [9.17, 15) is 9.59 Å². The summed E-state index contributed by atoms with van der Waals surface area (Å²) in [7, 11) is 1.43. The van der Waals surface area contributed by atoms with Gasteiger partial charge in [0.2, 0.25) is 0 Å². The first-order valence-corrected chi connectivity index (χ1v) is 6.43. The third-order valence-electron chi connectivity index (χ3n) is 2.82. The van der Waals surface area contributed by atoms with Crippen LogP contribution in [-0.4, -0.2) is 30.7 Å². The summed E-state index contributed by atoms with van der Waals surface area (Å²) in [6.45, 7) is -0.0586. The molecule has 7 nitrogen and oxygen atoms in total. The van der Waals surface area contributed by atoms with Crippen LogP contribution >= 0.6 is 0 Å². The SMILES string of the molecule is COc1ccc(OCC(=O)NCc2ccco2)c(C(=O)O)c1. The van der Waals surface area contributed by atoms with Gasteiger partial charge in [0, 0.05) is 0 Å². The van der Waals surface area contributed by atoms with Crippen molar-refractivity contribution in [3.8, 4) is 11.5 Å². The third kappa shape index (κ3) is 4.02. The summed E-state index contributed by atoms with van der Waals surface area (Å²) in [4.78, 5) is 22.8. The molecule has 0 aliphatic heterocycles. The lowest BCUT2D eigenvalue weighted by atomic mass is 10.2. The van der Waals surface area contributed by atoms with Crippen molar-refractivity contribution in [2.45, 2.75) is 6.54 Å². The Labute approximate surface area is 126 Å². The van der Waals surface area contributed by atoms with E-state index >= 15 is 0 Å². The van der Waals surface area contributed by atoms with E-state index in [1.165, 1.54) is 25.5 Å². The number of methoxy groups -OCH3 is 1. The van der Waals surface area contributed by atoms with Crippen LogP contribution in [0.15, 0.2) is 41.0 Å². The van der Waals surface area contributed by atoms with Crippen LogP contribution in [0.4, 0.5) is 0 Å². The summed E-state index contributed by atoms with van der Waals surface area (Å²) < 4.78 is 15.3. The number of hydrogen-bond donors (Lipinski definition) is 2. The topological polar surface area (TPSA) is 98.0 Å². The van der Waals surface area contributed by atoms with E-state index in [4.69, 9.17) is 19.0 Å². The zero-order valence-electron chi connectivity index (χ0n) is 11.9. The third-order valence-corrected chi connectivity index (χ3v) is 2.82. The molecule has 7 heteroatoms. The fourth-order valence-electron chi connectivity index (χ4n) is 1.72. The van der Waals surface area contributed by atoms with E-state index in [2.05, 4.69) is 5.32 Å². The van der Waals surface area contributed by atoms with E-state index in [-0.39, 0.29) is 30.4 Å². The number of carbonyl (C=O) groups is 2. The minimum atomic E-state index is -1.16. The van der Waals surface area contributed by atoms with Crippen molar-refractivity contribution in [3.05, 3.63) is 47.9 Å². The van der Waals surface area contributed by atoms with Crippen LogP contribution in [0.3, 0.4) is 0 Å². The summed E-state index contributed by atoms with van der Waals surface area (Å²) in [6, 6.07) is 7.78. The van der Waals surface area contributed by atoms with Gasteiger partial charge in [-0.05, 0) is 30.3 Å². The standard InChI is InChI=1S/C15H15NO6/c1-20-10-4-5-13(12(7-10)15(18)19)22-9-14(17)16-8-11-3-2-6-21-11/h2-7H,8-9H2,1H3,(H,16,17)(H,18,19). The van der Waals surface area contributed by atoms with Crippen LogP contribution < -0.4 is 14.8 Å². The summed E-state index contributed by atoms with van der Waals surface area (Å²) in [5, 5.41) is 11.7. The van der Waals surface area contributed by atoms with Gasteiger partial charge in [0.25, 0.3) is 5.91 Å². The van der Waals surface area contributed by atoms with Gasteiger partial charge >= 0.3 is 5.97 Å². The van der Waals surface area contributed by atoms with E-state index in [1.54, 1.807) is 18.2 Å². The van der Waals surface area contributed by atoms with Crippen LogP contribution in [0.1, 0.15) is 16.1 Å². The highest BCUT2D eigenvalue weighted by molar-refractivity contribution is 5.91. The van der Waals surface area contributed by atoms with Crippen LogP contribution in [0.5, 0.6) is 11.5 Å². The lowest BCUT2D eigenvalue weighted by Crippen LogP contribution is -2.28. The molecule has 1 aromatic carbocycles. The molecule has 0 aliphatic carbocycles. The van der Waals surface area contributed by atoms with Crippen molar-refractivity contribution in [3.63, 3.8) is 0 Å². The van der Waals surface area contributed by atoms with Crippen molar-refractivity contribution >= 4 is 11.9 Å². The van der Waals surface area contributed by atoms with Gasteiger partial charge in [-0.1, -0.05) is 0 Å². The average molecular weight is 305 g/mol. The Bertz CT molecular complexity index is 650. The van der Waals surface area contributed by atoms with Gasteiger partial charge in [-0.3, -0.25) is 4.79 Å². The second kappa shape index (κ2) is 7.16. The highest BCUT2D eigenvalue weighted by Gasteiger charge is 2.14. The Kier molecular flexibility index (Phi) is 5.02. The second-order valence-corrected chi connectivity index (χ2v) is 4.31. The van der Waals surface area contributed by atoms with Gasteiger partial charge in [0.1, 0.15) is 22.8 Å². The number of hydrogen-bond acceptors (Lipinski definition) is 5. The molecule has 0 saturated heterocycles. The van der Waals surface area contributed by atoms with Gasteiger partial charge in [-0.25, -0.2) is 4.79 Å². The van der Waals surface area contributed by atoms with Gasteiger partial charge in [0.05, 0.1) is 19.9 Å². The number of rotatable bonds is 7. The highest BCUT2D eigenvalue weighted by Crippen LogP contribution is 2.24. The molecule has 2 N–H and O–H groups in total. The van der Waals surface area contributed by atoms with Crippen molar-refractivity contribution in [1.82, 2.24) is 5.32 Å². The Balaban J connectivity index is 1.93. The first-order valence-electron chi connectivity index (χ1n) is 6.43. The van der Waals surface area contributed by atoms with Crippen molar-refractivity contribution < 1.29 is 28.6 Å². The summed E-state index contributed by atoms with van der Waals surface area (Å²) in [5.41, 5.74) is -0.0711. The van der Waals surface area contributed by atoms with E-state index in [0.717, 1.165) is 0 Å². The number of amides is 1. The first-order chi connectivity index (χ1) is 10.6.